The highest BCUT2D eigenvalue weighted by molar-refractivity contribution is 5.85. The van der Waals surface area contributed by atoms with E-state index in [1.807, 2.05) is 0 Å². The molecule has 0 aromatic carbocycles. The van der Waals surface area contributed by atoms with Gasteiger partial charge in [0, 0.05) is 0 Å². The van der Waals surface area contributed by atoms with Crippen molar-refractivity contribution < 1.29 is 17.6 Å². The van der Waals surface area contributed by atoms with Gasteiger partial charge in [-0.3, -0.25) is 5.84 Å². The summed E-state index contributed by atoms with van der Waals surface area (Å²) in [5.41, 5.74) is 0. The first kappa shape index (κ1) is 11.9. The second-order valence-electron chi connectivity index (χ2n) is 2.79. The molecular weight excluding hydrogens is 200 g/mol. The average molecular weight is 209 g/mol. The van der Waals surface area contributed by atoms with Crippen LogP contribution in [0.4, 0.5) is 17.6 Å². The van der Waals surface area contributed by atoms with Crippen LogP contribution in [-0.2, 0) is 0 Å². The molecule has 0 spiro atoms. The third kappa shape index (κ3) is 3.12. The summed E-state index contributed by atoms with van der Waals surface area (Å²) in [6.07, 6.45) is -1.40. The number of hydrogen-bond donors (Lipinski definition) is 1. The maximum Gasteiger partial charge on any atom is 0.267 e. The normalized spacial score (nSPS) is 27.8. The van der Waals surface area contributed by atoms with Gasteiger partial charge >= 0.3 is 0 Å². The lowest BCUT2D eigenvalue weighted by Crippen LogP contribution is -2.55. The van der Waals surface area contributed by atoms with Gasteiger partial charge in [-0.15, -0.1) is 12.4 Å². The molecule has 7 heteroatoms. The third-order valence-electron chi connectivity index (χ3n) is 1.39. The summed E-state index contributed by atoms with van der Waals surface area (Å²) >= 11 is 0. The molecule has 0 aliphatic carbocycles. The molecule has 1 aliphatic rings. The molecule has 1 aliphatic heterocycles. The van der Waals surface area contributed by atoms with Crippen molar-refractivity contribution in [3.05, 3.63) is 0 Å². The van der Waals surface area contributed by atoms with Crippen molar-refractivity contribution >= 4 is 12.4 Å². The number of piperidine rings is 1. The van der Waals surface area contributed by atoms with Crippen LogP contribution in [-0.4, -0.2) is 29.9 Å². The number of nitrogens with two attached hydrogens (primary N) is 1. The zero-order valence-electron chi connectivity index (χ0n) is 6.07. The Bertz CT molecular complexity index is 148. The summed E-state index contributed by atoms with van der Waals surface area (Å²) in [7, 11) is 0. The Hall–Kier alpha value is -0.0700. The van der Waals surface area contributed by atoms with Gasteiger partial charge in [0.15, 0.2) is 0 Å². The Morgan fingerprint density at radius 3 is 1.58 bits per heavy atom. The first-order valence-corrected chi connectivity index (χ1v) is 3.06. The molecule has 12 heavy (non-hydrogen) atoms. The van der Waals surface area contributed by atoms with Gasteiger partial charge in [-0.2, -0.15) is 0 Å². The van der Waals surface area contributed by atoms with Gasteiger partial charge in [0.2, 0.25) is 0 Å². The van der Waals surface area contributed by atoms with E-state index < -0.39 is 31.4 Å². The lowest BCUT2D eigenvalue weighted by molar-refractivity contribution is -0.171. The van der Waals surface area contributed by atoms with E-state index in [-0.39, 0.29) is 12.4 Å². The molecule has 0 atom stereocenters. The molecule has 0 amide bonds. The molecule has 1 saturated heterocycles. The van der Waals surface area contributed by atoms with Crippen LogP contribution in [0.2, 0.25) is 0 Å². The Balaban J connectivity index is 0.00000121. The number of halogens is 5. The Labute approximate surface area is 73.1 Å². The minimum Gasteiger partial charge on any atom is -0.268 e. The molecule has 0 saturated carbocycles. The van der Waals surface area contributed by atoms with Gasteiger partial charge in [0.1, 0.15) is 0 Å². The van der Waals surface area contributed by atoms with Crippen molar-refractivity contribution in [1.29, 1.82) is 0 Å². The molecule has 0 aromatic rings. The Kier molecular flexibility index (Phi) is 3.33. The number of nitrogens with zero attached hydrogens (tertiary/aromatic N) is 1. The van der Waals surface area contributed by atoms with Crippen LogP contribution in [0.1, 0.15) is 6.42 Å². The number of hydrazine groups is 1. The second-order valence-corrected chi connectivity index (χ2v) is 2.79. The van der Waals surface area contributed by atoms with E-state index in [1.165, 1.54) is 0 Å². The fourth-order valence-electron chi connectivity index (χ4n) is 1.14. The SMILES string of the molecule is Cl.NN1CC(F)(F)CC(F)(F)C1. The van der Waals surface area contributed by atoms with E-state index in [0.29, 0.717) is 5.01 Å². The summed E-state index contributed by atoms with van der Waals surface area (Å²) in [6.45, 7) is -1.58. The molecule has 74 valence electrons. The van der Waals surface area contributed by atoms with E-state index in [1.54, 1.807) is 0 Å². The van der Waals surface area contributed by atoms with E-state index in [9.17, 15) is 17.6 Å². The standard InChI is InChI=1S/C5H8F4N2.ClH/c6-4(7)1-5(8,9)3-11(10)2-4;/h1-3,10H2;1H. The monoisotopic (exact) mass is 208 g/mol. The van der Waals surface area contributed by atoms with E-state index >= 15 is 0 Å². The Morgan fingerprint density at radius 2 is 1.33 bits per heavy atom. The predicted octanol–water partition coefficient (Wildman–Crippen LogP) is 1.26. The van der Waals surface area contributed by atoms with Crippen molar-refractivity contribution in [2.45, 2.75) is 18.3 Å². The summed E-state index contributed by atoms with van der Waals surface area (Å²) in [5.74, 6) is -1.87. The first-order valence-electron chi connectivity index (χ1n) is 3.06. The molecule has 1 fully saturated rings. The Morgan fingerprint density at radius 1 is 1.00 bits per heavy atom. The van der Waals surface area contributed by atoms with Crippen LogP contribution in [0.25, 0.3) is 0 Å². The van der Waals surface area contributed by atoms with Crippen LogP contribution in [0, 0.1) is 0 Å². The quantitative estimate of drug-likeness (QED) is 0.480. The fourth-order valence-corrected chi connectivity index (χ4v) is 1.14. The van der Waals surface area contributed by atoms with Crippen LogP contribution in [0.15, 0.2) is 0 Å². The molecule has 0 bridgehead atoms. The summed E-state index contributed by atoms with van der Waals surface area (Å²) in [6, 6.07) is 0. The van der Waals surface area contributed by atoms with E-state index in [2.05, 4.69) is 0 Å². The molecule has 1 heterocycles. The lowest BCUT2D eigenvalue weighted by atomic mass is 10.1. The number of hydrogen-bond acceptors (Lipinski definition) is 2. The number of rotatable bonds is 0. The highest BCUT2D eigenvalue weighted by Gasteiger charge is 2.49. The van der Waals surface area contributed by atoms with Gasteiger partial charge in [-0.25, -0.2) is 22.6 Å². The highest BCUT2D eigenvalue weighted by atomic mass is 35.5. The molecule has 0 radical (unpaired) electrons. The summed E-state index contributed by atoms with van der Waals surface area (Å²) in [4.78, 5) is 0. The minimum absolute atomic E-state index is 0. The van der Waals surface area contributed by atoms with Gasteiger partial charge in [-0.1, -0.05) is 0 Å². The van der Waals surface area contributed by atoms with Crippen LogP contribution in [0.5, 0.6) is 0 Å². The van der Waals surface area contributed by atoms with Crippen LogP contribution in [0.3, 0.4) is 0 Å². The zero-order chi connectivity index (χ0) is 8.70. The third-order valence-corrected chi connectivity index (χ3v) is 1.39. The lowest BCUT2D eigenvalue weighted by Gasteiger charge is -2.34. The minimum atomic E-state index is -3.36. The first-order chi connectivity index (χ1) is 4.81. The van der Waals surface area contributed by atoms with Crippen LogP contribution >= 0.6 is 12.4 Å². The van der Waals surface area contributed by atoms with Gasteiger partial charge in [0.05, 0.1) is 19.5 Å². The fraction of sp³-hybridized carbons (Fsp3) is 1.00. The molecule has 2 nitrogen and oxygen atoms in total. The van der Waals surface area contributed by atoms with Crippen molar-refractivity contribution in [2.75, 3.05) is 13.1 Å². The maximum absolute atomic E-state index is 12.3. The zero-order valence-corrected chi connectivity index (χ0v) is 6.88. The highest BCUT2D eigenvalue weighted by Crippen LogP contribution is 2.34. The van der Waals surface area contributed by atoms with Crippen molar-refractivity contribution in [2.24, 2.45) is 5.84 Å². The largest absolute Gasteiger partial charge is 0.268 e. The summed E-state index contributed by atoms with van der Waals surface area (Å²) < 4.78 is 49.4. The second kappa shape index (κ2) is 3.35. The molecular formula is C5H9ClF4N2. The maximum atomic E-state index is 12.3. The van der Waals surface area contributed by atoms with Crippen molar-refractivity contribution in [3.8, 4) is 0 Å². The van der Waals surface area contributed by atoms with Gasteiger partial charge in [0.25, 0.3) is 11.8 Å². The average Bonchev–Trinajstić information content (AvgIpc) is 1.49. The van der Waals surface area contributed by atoms with Gasteiger partial charge in [-0.05, 0) is 0 Å². The topological polar surface area (TPSA) is 29.3 Å². The smallest absolute Gasteiger partial charge is 0.267 e. The molecule has 1 rings (SSSR count). The van der Waals surface area contributed by atoms with Crippen molar-refractivity contribution in [1.82, 2.24) is 5.01 Å². The van der Waals surface area contributed by atoms with E-state index in [4.69, 9.17) is 5.84 Å². The van der Waals surface area contributed by atoms with Gasteiger partial charge < -0.3 is 0 Å². The molecule has 0 aromatic heterocycles. The van der Waals surface area contributed by atoms with E-state index in [0.717, 1.165) is 0 Å². The van der Waals surface area contributed by atoms with Crippen molar-refractivity contribution in [3.63, 3.8) is 0 Å². The predicted molar refractivity (Wildman–Crippen MR) is 37.5 cm³/mol. The molecule has 2 N–H and O–H groups in total. The molecule has 0 unspecified atom stereocenters. The summed E-state index contributed by atoms with van der Waals surface area (Å²) in [5, 5.41) is 0.448. The van der Waals surface area contributed by atoms with Crippen LogP contribution < -0.4 is 5.84 Å². The number of alkyl halides is 4.